The number of carboxylic acids is 1. The SMILES string of the molecule is CN(C)c1c(Cl)ccc2c(=O)c3ccc(C(C)(C)C)cc3n(CC(=O)O)c12. The monoisotopic (exact) mass is 386 g/mol. The summed E-state index contributed by atoms with van der Waals surface area (Å²) in [4.78, 5) is 26.6. The number of carbonyl (C=O) groups is 1. The summed E-state index contributed by atoms with van der Waals surface area (Å²) in [6.45, 7) is 5.98. The van der Waals surface area contributed by atoms with Crippen molar-refractivity contribution in [2.75, 3.05) is 19.0 Å². The Balaban J connectivity index is 2.61. The van der Waals surface area contributed by atoms with Crippen LogP contribution >= 0.6 is 11.6 Å². The van der Waals surface area contributed by atoms with Crippen molar-refractivity contribution in [1.29, 1.82) is 0 Å². The summed E-state index contributed by atoms with van der Waals surface area (Å²) >= 11 is 6.41. The molecule has 0 bridgehead atoms. The van der Waals surface area contributed by atoms with E-state index in [1.165, 1.54) is 0 Å². The second kappa shape index (κ2) is 6.57. The molecule has 5 nitrogen and oxygen atoms in total. The lowest BCUT2D eigenvalue weighted by Crippen LogP contribution is -2.20. The molecule has 1 heterocycles. The maximum absolute atomic E-state index is 13.2. The average molecular weight is 387 g/mol. The van der Waals surface area contributed by atoms with Gasteiger partial charge in [-0.05, 0) is 35.2 Å². The number of hydrogen-bond donors (Lipinski definition) is 1. The van der Waals surface area contributed by atoms with Crippen molar-refractivity contribution in [2.45, 2.75) is 32.7 Å². The van der Waals surface area contributed by atoms with E-state index in [1.54, 1.807) is 22.8 Å². The van der Waals surface area contributed by atoms with Crippen molar-refractivity contribution >= 4 is 45.1 Å². The van der Waals surface area contributed by atoms with E-state index in [-0.39, 0.29) is 17.4 Å². The predicted octanol–water partition coefficient (Wildman–Crippen LogP) is 4.26. The topological polar surface area (TPSA) is 62.5 Å². The number of aliphatic carboxylic acids is 1. The first-order chi connectivity index (χ1) is 12.5. The average Bonchev–Trinajstić information content (AvgIpc) is 2.56. The lowest BCUT2D eigenvalue weighted by molar-refractivity contribution is -0.137. The standard InChI is InChI=1S/C21H23ClN2O3/c1-21(2,3)12-6-7-13-16(10-12)24(11-17(25)26)18-14(20(13)27)8-9-15(22)19(18)23(4)5/h6-10H,11H2,1-5H3,(H,25,26). The Hall–Kier alpha value is -2.53. The number of halogens is 1. The molecule has 0 aliphatic carbocycles. The van der Waals surface area contributed by atoms with Crippen LogP contribution < -0.4 is 10.3 Å². The Morgan fingerprint density at radius 2 is 1.78 bits per heavy atom. The molecule has 0 aliphatic heterocycles. The molecule has 27 heavy (non-hydrogen) atoms. The third-order valence-corrected chi connectivity index (χ3v) is 5.06. The largest absolute Gasteiger partial charge is 0.480 e. The molecule has 0 radical (unpaired) electrons. The van der Waals surface area contributed by atoms with Crippen LogP contribution in [0.2, 0.25) is 5.02 Å². The highest BCUT2D eigenvalue weighted by molar-refractivity contribution is 6.35. The molecule has 2 aromatic carbocycles. The fraction of sp³-hybridized carbons (Fsp3) is 0.333. The molecule has 1 aromatic heterocycles. The summed E-state index contributed by atoms with van der Waals surface area (Å²) in [7, 11) is 3.65. The highest BCUT2D eigenvalue weighted by atomic mass is 35.5. The quantitative estimate of drug-likeness (QED) is 0.683. The van der Waals surface area contributed by atoms with Crippen LogP contribution in [0.15, 0.2) is 35.1 Å². The lowest BCUT2D eigenvalue weighted by atomic mass is 9.86. The highest BCUT2D eigenvalue weighted by Gasteiger charge is 2.21. The van der Waals surface area contributed by atoms with Gasteiger partial charge in [0.2, 0.25) is 0 Å². The molecular weight excluding hydrogens is 364 g/mol. The van der Waals surface area contributed by atoms with E-state index in [0.717, 1.165) is 5.56 Å². The minimum Gasteiger partial charge on any atom is -0.480 e. The van der Waals surface area contributed by atoms with Crippen LogP contribution in [-0.2, 0) is 16.8 Å². The van der Waals surface area contributed by atoms with Crippen LogP contribution in [-0.4, -0.2) is 29.7 Å². The van der Waals surface area contributed by atoms with Gasteiger partial charge in [0.1, 0.15) is 6.54 Å². The van der Waals surface area contributed by atoms with Crippen LogP contribution in [0, 0.1) is 0 Å². The number of rotatable bonds is 3. The van der Waals surface area contributed by atoms with E-state index in [2.05, 4.69) is 20.8 Å². The second-order valence-corrected chi connectivity index (χ2v) is 8.38. The minimum absolute atomic E-state index is 0.123. The first-order valence-corrected chi connectivity index (χ1v) is 9.08. The number of aromatic nitrogens is 1. The molecule has 3 rings (SSSR count). The predicted molar refractivity (Wildman–Crippen MR) is 111 cm³/mol. The number of hydrogen-bond acceptors (Lipinski definition) is 3. The Labute approximate surface area is 162 Å². The van der Waals surface area contributed by atoms with Crippen LogP contribution in [0.4, 0.5) is 5.69 Å². The molecule has 0 saturated heterocycles. The van der Waals surface area contributed by atoms with Crippen LogP contribution in [0.1, 0.15) is 26.3 Å². The zero-order valence-corrected chi connectivity index (χ0v) is 16.9. The highest BCUT2D eigenvalue weighted by Crippen LogP contribution is 2.35. The third kappa shape index (κ3) is 3.28. The summed E-state index contributed by atoms with van der Waals surface area (Å²) in [6, 6.07) is 8.99. The van der Waals surface area contributed by atoms with Gasteiger partial charge < -0.3 is 14.6 Å². The summed E-state index contributed by atoms with van der Waals surface area (Å²) in [6.07, 6.45) is 0. The van der Waals surface area contributed by atoms with E-state index >= 15 is 0 Å². The zero-order valence-electron chi connectivity index (χ0n) is 16.1. The maximum atomic E-state index is 13.2. The Bertz CT molecular complexity index is 1120. The summed E-state index contributed by atoms with van der Waals surface area (Å²) < 4.78 is 1.69. The van der Waals surface area contributed by atoms with Gasteiger partial charge in [-0.1, -0.05) is 38.4 Å². The molecule has 1 N–H and O–H groups in total. The molecule has 0 unspecified atom stereocenters. The minimum atomic E-state index is -0.980. The number of fused-ring (bicyclic) bond motifs is 2. The van der Waals surface area contributed by atoms with Gasteiger partial charge in [0.25, 0.3) is 0 Å². The van der Waals surface area contributed by atoms with Gasteiger partial charge in [-0.25, -0.2) is 0 Å². The molecule has 0 amide bonds. The van der Waals surface area contributed by atoms with Crippen LogP contribution in [0.25, 0.3) is 21.8 Å². The smallest absolute Gasteiger partial charge is 0.323 e. The van der Waals surface area contributed by atoms with Crippen LogP contribution in [0.3, 0.4) is 0 Å². The first kappa shape index (κ1) is 19.2. The summed E-state index contributed by atoms with van der Waals surface area (Å²) in [5, 5.41) is 11.0. The van der Waals surface area contributed by atoms with Gasteiger partial charge in [0, 0.05) is 24.9 Å². The number of carboxylic acid groups (broad SMARTS) is 1. The molecule has 0 atom stereocenters. The van der Waals surface area contributed by atoms with E-state index in [0.29, 0.717) is 32.5 Å². The molecule has 142 valence electrons. The van der Waals surface area contributed by atoms with Crippen molar-refractivity contribution in [3.8, 4) is 0 Å². The molecule has 0 fully saturated rings. The normalized spacial score (nSPS) is 11.9. The van der Waals surface area contributed by atoms with Crippen molar-refractivity contribution in [2.24, 2.45) is 0 Å². The second-order valence-electron chi connectivity index (χ2n) is 7.98. The molecule has 3 aromatic rings. The van der Waals surface area contributed by atoms with Crippen molar-refractivity contribution < 1.29 is 9.90 Å². The van der Waals surface area contributed by atoms with Gasteiger partial charge in [0.15, 0.2) is 5.43 Å². The van der Waals surface area contributed by atoms with Gasteiger partial charge in [-0.15, -0.1) is 0 Å². The molecule has 0 aliphatic rings. The number of pyridine rings is 1. The van der Waals surface area contributed by atoms with Gasteiger partial charge in [0.05, 0.1) is 21.7 Å². The zero-order chi connectivity index (χ0) is 20.1. The molecular formula is C21H23ClN2O3. The molecule has 0 spiro atoms. The Morgan fingerprint density at radius 1 is 1.15 bits per heavy atom. The lowest BCUT2D eigenvalue weighted by Gasteiger charge is -2.24. The third-order valence-electron chi connectivity index (χ3n) is 4.76. The van der Waals surface area contributed by atoms with Gasteiger partial charge >= 0.3 is 5.97 Å². The fourth-order valence-corrected chi connectivity index (χ4v) is 3.74. The number of benzene rings is 2. The maximum Gasteiger partial charge on any atom is 0.323 e. The van der Waals surface area contributed by atoms with E-state index in [1.807, 2.05) is 31.1 Å². The van der Waals surface area contributed by atoms with Crippen molar-refractivity contribution in [3.05, 3.63) is 51.1 Å². The molecule has 0 saturated carbocycles. The van der Waals surface area contributed by atoms with E-state index in [4.69, 9.17) is 11.6 Å². The van der Waals surface area contributed by atoms with E-state index < -0.39 is 5.97 Å². The van der Waals surface area contributed by atoms with E-state index in [9.17, 15) is 14.7 Å². The molecule has 6 heteroatoms. The first-order valence-electron chi connectivity index (χ1n) is 8.70. The van der Waals surface area contributed by atoms with Crippen molar-refractivity contribution in [1.82, 2.24) is 4.57 Å². The van der Waals surface area contributed by atoms with Gasteiger partial charge in [-0.3, -0.25) is 9.59 Å². The number of nitrogens with zero attached hydrogens (tertiary/aromatic N) is 2. The van der Waals surface area contributed by atoms with Crippen molar-refractivity contribution in [3.63, 3.8) is 0 Å². The fourth-order valence-electron chi connectivity index (χ4n) is 3.42. The summed E-state index contributed by atoms with van der Waals surface area (Å²) in [5.74, 6) is -0.980. The van der Waals surface area contributed by atoms with Gasteiger partial charge in [-0.2, -0.15) is 0 Å². The van der Waals surface area contributed by atoms with Crippen LogP contribution in [0.5, 0.6) is 0 Å². The summed E-state index contributed by atoms with van der Waals surface area (Å²) in [5.41, 5.74) is 2.55. The Kier molecular flexibility index (Phi) is 4.68. The Morgan fingerprint density at radius 3 is 2.33 bits per heavy atom. The number of anilines is 1.